The molecule has 1 N–H and O–H groups in total. The highest BCUT2D eigenvalue weighted by molar-refractivity contribution is 5.72. The quantitative estimate of drug-likeness (QED) is 0.825. The maximum absolute atomic E-state index is 12.9. The number of rotatable bonds is 4. The zero-order chi connectivity index (χ0) is 10.8. The molecular formula is C12H13FO2. The van der Waals surface area contributed by atoms with Crippen LogP contribution in [0.2, 0.25) is 0 Å². The van der Waals surface area contributed by atoms with Gasteiger partial charge >= 0.3 is 5.97 Å². The molecule has 0 spiro atoms. The van der Waals surface area contributed by atoms with E-state index in [1.165, 1.54) is 18.4 Å². The molecule has 1 fully saturated rings. The standard InChI is InChI=1S/C12H13FO2/c13-11(12(14)15)7-8-1-3-9(4-2-8)10-5-6-10/h1-4,10-11H,5-7H2,(H,14,15). The number of halogens is 1. The van der Waals surface area contributed by atoms with Gasteiger partial charge in [-0.3, -0.25) is 0 Å². The Morgan fingerprint density at radius 3 is 2.47 bits per heavy atom. The van der Waals surface area contributed by atoms with Crippen molar-refractivity contribution in [2.45, 2.75) is 31.4 Å². The summed E-state index contributed by atoms with van der Waals surface area (Å²) in [4.78, 5) is 10.3. The molecular weight excluding hydrogens is 195 g/mol. The summed E-state index contributed by atoms with van der Waals surface area (Å²) in [6.07, 6.45) is 0.637. The molecule has 1 aromatic carbocycles. The first-order valence-electron chi connectivity index (χ1n) is 5.12. The van der Waals surface area contributed by atoms with Gasteiger partial charge in [0.1, 0.15) is 0 Å². The zero-order valence-corrected chi connectivity index (χ0v) is 8.32. The highest BCUT2D eigenvalue weighted by atomic mass is 19.1. The molecule has 0 bridgehead atoms. The summed E-state index contributed by atoms with van der Waals surface area (Å²) in [5.41, 5.74) is 2.03. The minimum absolute atomic E-state index is 0.0414. The Bertz CT molecular complexity index is 354. The number of hydrogen-bond donors (Lipinski definition) is 1. The molecule has 3 heteroatoms. The van der Waals surface area contributed by atoms with E-state index in [1.807, 2.05) is 24.3 Å². The first-order chi connectivity index (χ1) is 7.16. The molecule has 0 radical (unpaired) electrons. The monoisotopic (exact) mass is 208 g/mol. The molecule has 1 saturated carbocycles. The summed E-state index contributed by atoms with van der Waals surface area (Å²) in [5.74, 6) is -0.707. The third-order valence-corrected chi connectivity index (χ3v) is 2.71. The van der Waals surface area contributed by atoms with Crippen LogP contribution in [0.15, 0.2) is 24.3 Å². The minimum Gasteiger partial charge on any atom is -0.479 e. The first kappa shape index (κ1) is 10.1. The summed E-state index contributed by atoms with van der Waals surface area (Å²) in [6.45, 7) is 0. The number of hydrogen-bond acceptors (Lipinski definition) is 1. The van der Waals surface area contributed by atoms with Crippen LogP contribution in [0.25, 0.3) is 0 Å². The van der Waals surface area contributed by atoms with E-state index in [0.29, 0.717) is 5.92 Å². The summed E-state index contributed by atoms with van der Waals surface area (Å²) in [5, 5.41) is 8.42. The number of carbonyl (C=O) groups is 1. The molecule has 0 aromatic heterocycles. The molecule has 80 valence electrons. The van der Waals surface area contributed by atoms with Gasteiger partial charge in [-0.1, -0.05) is 24.3 Å². The van der Waals surface area contributed by atoms with E-state index in [-0.39, 0.29) is 6.42 Å². The maximum Gasteiger partial charge on any atom is 0.338 e. The van der Waals surface area contributed by atoms with Crippen molar-refractivity contribution in [3.8, 4) is 0 Å². The van der Waals surface area contributed by atoms with Crippen molar-refractivity contribution in [3.05, 3.63) is 35.4 Å². The number of alkyl halides is 1. The van der Waals surface area contributed by atoms with Gasteiger partial charge < -0.3 is 5.11 Å². The zero-order valence-electron chi connectivity index (χ0n) is 8.32. The molecule has 0 aliphatic heterocycles. The van der Waals surface area contributed by atoms with E-state index in [2.05, 4.69) is 0 Å². The average molecular weight is 208 g/mol. The molecule has 1 aromatic rings. The van der Waals surface area contributed by atoms with Gasteiger partial charge in [0.05, 0.1) is 0 Å². The lowest BCUT2D eigenvalue weighted by atomic mass is 10.0. The molecule has 1 atom stereocenters. The van der Waals surface area contributed by atoms with Crippen LogP contribution in [0.1, 0.15) is 29.9 Å². The number of aliphatic carboxylic acids is 1. The van der Waals surface area contributed by atoms with Crippen molar-refractivity contribution < 1.29 is 14.3 Å². The fraction of sp³-hybridized carbons (Fsp3) is 0.417. The summed E-state index contributed by atoms with van der Waals surface area (Å²) in [7, 11) is 0. The Morgan fingerprint density at radius 2 is 2.00 bits per heavy atom. The number of carboxylic acids is 1. The lowest BCUT2D eigenvalue weighted by molar-refractivity contribution is -0.142. The molecule has 2 rings (SSSR count). The molecule has 1 aliphatic rings. The van der Waals surface area contributed by atoms with Crippen LogP contribution >= 0.6 is 0 Å². The Morgan fingerprint density at radius 1 is 1.40 bits per heavy atom. The summed E-state index contributed by atoms with van der Waals surface area (Å²) in [6, 6.07) is 7.59. The van der Waals surface area contributed by atoms with Crippen LogP contribution in [0.4, 0.5) is 4.39 Å². The fourth-order valence-electron chi connectivity index (χ4n) is 1.64. The van der Waals surface area contributed by atoms with Crippen LogP contribution < -0.4 is 0 Å². The van der Waals surface area contributed by atoms with Gasteiger partial charge in [0.2, 0.25) is 6.17 Å². The first-order valence-corrected chi connectivity index (χ1v) is 5.12. The fourth-order valence-corrected chi connectivity index (χ4v) is 1.64. The molecule has 0 heterocycles. The molecule has 2 nitrogen and oxygen atoms in total. The Labute approximate surface area is 87.7 Å². The van der Waals surface area contributed by atoms with Crippen molar-refractivity contribution >= 4 is 5.97 Å². The highest BCUT2D eigenvalue weighted by Gasteiger charge is 2.23. The average Bonchev–Trinajstić information content (AvgIpc) is 3.02. The Kier molecular flexibility index (Phi) is 2.71. The Balaban J connectivity index is 2.00. The van der Waals surface area contributed by atoms with Crippen molar-refractivity contribution in [1.82, 2.24) is 0 Å². The van der Waals surface area contributed by atoms with Crippen LogP contribution in [0.3, 0.4) is 0 Å². The predicted molar refractivity (Wildman–Crippen MR) is 54.7 cm³/mol. The maximum atomic E-state index is 12.9. The van der Waals surface area contributed by atoms with Gasteiger partial charge in [-0.05, 0) is 29.9 Å². The van der Waals surface area contributed by atoms with E-state index in [0.717, 1.165) is 5.56 Å². The molecule has 1 aliphatic carbocycles. The van der Waals surface area contributed by atoms with Gasteiger partial charge in [-0.25, -0.2) is 9.18 Å². The predicted octanol–water partition coefficient (Wildman–Crippen LogP) is 2.53. The SMILES string of the molecule is O=C(O)C(F)Cc1ccc(C2CC2)cc1. The second-order valence-electron chi connectivity index (χ2n) is 4.03. The van der Waals surface area contributed by atoms with Crippen LogP contribution in [0.5, 0.6) is 0 Å². The van der Waals surface area contributed by atoms with E-state index < -0.39 is 12.1 Å². The second kappa shape index (κ2) is 4.01. The van der Waals surface area contributed by atoms with Gasteiger partial charge in [0.15, 0.2) is 0 Å². The van der Waals surface area contributed by atoms with Gasteiger partial charge in [-0.2, -0.15) is 0 Å². The molecule has 15 heavy (non-hydrogen) atoms. The van der Waals surface area contributed by atoms with Crippen molar-refractivity contribution in [2.75, 3.05) is 0 Å². The van der Waals surface area contributed by atoms with Crippen molar-refractivity contribution in [1.29, 1.82) is 0 Å². The lowest BCUT2D eigenvalue weighted by Gasteiger charge is -2.04. The smallest absolute Gasteiger partial charge is 0.338 e. The van der Waals surface area contributed by atoms with E-state index in [1.54, 1.807) is 0 Å². The van der Waals surface area contributed by atoms with E-state index in [9.17, 15) is 9.18 Å². The topological polar surface area (TPSA) is 37.3 Å². The normalized spacial score (nSPS) is 17.4. The van der Waals surface area contributed by atoms with E-state index >= 15 is 0 Å². The number of benzene rings is 1. The highest BCUT2D eigenvalue weighted by Crippen LogP contribution is 2.39. The molecule has 0 amide bonds. The molecule has 1 unspecified atom stereocenters. The van der Waals surface area contributed by atoms with Gasteiger partial charge in [0.25, 0.3) is 0 Å². The largest absolute Gasteiger partial charge is 0.479 e. The van der Waals surface area contributed by atoms with E-state index in [4.69, 9.17) is 5.11 Å². The van der Waals surface area contributed by atoms with Crippen LogP contribution in [-0.2, 0) is 11.2 Å². The summed E-state index contributed by atoms with van der Waals surface area (Å²) >= 11 is 0. The van der Waals surface area contributed by atoms with Crippen LogP contribution in [0, 0.1) is 0 Å². The third kappa shape index (κ3) is 2.55. The minimum atomic E-state index is -1.79. The third-order valence-electron chi connectivity index (χ3n) is 2.71. The summed E-state index contributed by atoms with van der Waals surface area (Å²) < 4.78 is 12.9. The Hall–Kier alpha value is -1.38. The van der Waals surface area contributed by atoms with Crippen LogP contribution in [-0.4, -0.2) is 17.2 Å². The van der Waals surface area contributed by atoms with Gasteiger partial charge in [0, 0.05) is 6.42 Å². The molecule has 0 saturated heterocycles. The second-order valence-corrected chi connectivity index (χ2v) is 4.03. The number of carboxylic acid groups (broad SMARTS) is 1. The van der Waals surface area contributed by atoms with Crippen molar-refractivity contribution in [3.63, 3.8) is 0 Å². The lowest BCUT2D eigenvalue weighted by Crippen LogP contribution is -2.17. The van der Waals surface area contributed by atoms with Crippen molar-refractivity contribution in [2.24, 2.45) is 0 Å². The van der Waals surface area contributed by atoms with Gasteiger partial charge in [-0.15, -0.1) is 0 Å².